The number of carboxylic acid groups (broad SMARTS) is 1. The molecule has 0 saturated heterocycles. The molecule has 0 aliphatic carbocycles. The maximum atomic E-state index is 14.4. The van der Waals surface area contributed by atoms with E-state index in [2.05, 4.69) is 15.4 Å². The predicted octanol–water partition coefficient (Wildman–Crippen LogP) is 6.37. The largest absolute Gasteiger partial charge is 0.573 e. The normalized spacial score (nSPS) is 12.7. The SMILES string of the molecule is CCC[C@H](c1ccc(C(=O)NCCC(=O)O)cc1)[C@@H](C(=O)Nc1cc(F)ccc1F)c1ccc(OC(F)(F)F)cc1. The van der Waals surface area contributed by atoms with E-state index in [1.54, 1.807) is 12.1 Å². The molecule has 3 aromatic rings. The number of nitrogens with one attached hydrogen (secondary N) is 2. The Morgan fingerprint density at radius 1 is 0.927 bits per heavy atom. The minimum Gasteiger partial charge on any atom is -0.481 e. The highest BCUT2D eigenvalue weighted by molar-refractivity contribution is 5.97. The smallest absolute Gasteiger partial charge is 0.481 e. The van der Waals surface area contributed by atoms with Gasteiger partial charge in [-0.05, 0) is 59.9 Å². The summed E-state index contributed by atoms with van der Waals surface area (Å²) in [5, 5.41) is 13.6. The van der Waals surface area contributed by atoms with Gasteiger partial charge in [0, 0.05) is 18.2 Å². The van der Waals surface area contributed by atoms with Crippen molar-refractivity contribution in [3.8, 4) is 5.75 Å². The van der Waals surface area contributed by atoms with E-state index in [0.717, 1.165) is 30.3 Å². The second kappa shape index (κ2) is 13.7. The average Bonchev–Trinajstić information content (AvgIpc) is 2.90. The summed E-state index contributed by atoms with van der Waals surface area (Å²) in [4.78, 5) is 36.7. The summed E-state index contributed by atoms with van der Waals surface area (Å²) in [6, 6.07) is 13.5. The van der Waals surface area contributed by atoms with Crippen molar-refractivity contribution < 1.29 is 46.2 Å². The van der Waals surface area contributed by atoms with Gasteiger partial charge in [-0.25, -0.2) is 8.78 Å². The van der Waals surface area contributed by atoms with Crippen molar-refractivity contribution in [1.29, 1.82) is 0 Å². The van der Waals surface area contributed by atoms with Gasteiger partial charge in [0.25, 0.3) is 5.91 Å². The zero-order chi connectivity index (χ0) is 30.2. The fourth-order valence-corrected chi connectivity index (χ4v) is 4.35. The molecule has 0 unspecified atom stereocenters. The van der Waals surface area contributed by atoms with Crippen LogP contribution in [-0.4, -0.2) is 35.8 Å². The first kappa shape index (κ1) is 31.1. The minimum absolute atomic E-state index is 0.0681. The van der Waals surface area contributed by atoms with Gasteiger partial charge in [-0.2, -0.15) is 0 Å². The van der Waals surface area contributed by atoms with E-state index in [0.29, 0.717) is 24.0 Å². The Hall–Kier alpha value is -4.48. The van der Waals surface area contributed by atoms with E-state index in [-0.39, 0.29) is 18.5 Å². The van der Waals surface area contributed by atoms with E-state index in [1.807, 2.05) is 6.92 Å². The number of halogens is 5. The summed E-state index contributed by atoms with van der Waals surface area (Å²) in [5.41, 5.74) is 0.735. The van der Waals surface area contributed by atoms with Gasteiger partial charge in [-0.1, -0.05) is 37.6 Å². The number of benzene rings is 3. The fraction of sp³-hybridized carbons (Fsp3) is 0.276. The zero-order valence-corrected chi connectivity index (χ0v) is 21.8. The Bertz CT molecular complexity index is 1360. The third kappa shape index (κ3) is 9.02. The number of carboxylic acids is 1. The highest BCUT2D eigenvalue weighted by atomic mass is 19.4. The van der Waals surface area contributed by atoms with E-state index in [4.69, 9.17) is 5.11 Å². The van der Waals surface area contributed by atoms with Crippen LogP contribution in [0.4, 0.5) is 27.6 Å². The van der Waals surface area contributed by atoms with Crippen LogP contribution in [0.5, 0.6) is 5.75 Å². The number of hydrogen-bond acceptors (Lipinski definition) is 4. The summed E-state index contributed by atoms with van der Waals surface area (Å²) in [6.07, 6.45) is -4.18. The molecule has 0 aliphatic rings. The third-order valence-corrected chi connectivity index (χ3v) is 6.17. The fourth-order valence-electron chi connectivity index (χ4n) is 4.35. The molecular weight excluding hydrogens is 551 g/mol. The molecule has 41 heavy (non-hydrogen) atoms. The molecule has 0 radical (unpaired) electrons. The number of alkyl halides is 3. The third-order valence-electron chi connectivity index (χ3n) is 6.17. The Labute approximate surface area is 232 Å². The number of amides is 2. The Morgan fingerprint density at radius 2 is 1.56 bits per heavy atom. The molecule has 0 heterocycles. The number of carbonyl (C=O) groups excluding carboxylic acids is 2. The number of hydrogen-bond donors (Lipinski definition) is 3. The number of rotatable bonds is 12. The molecule has 3 rings (SSSR count). The molecule has 0 saturated carbocycles. The summed E-state index contributed by atoms with van der Waals surface area (Å²) in [7, 11) is 0. The Kier molecular flexibility index (Phi) is 10.4. The molecule has 0 aromatic heterocycles. The van der Waals surface area contributed by atoms with E-state index >= 15 is 0 Å². The molecule has 2 atom stereocenters. The standard InChI is InChI=1S/C29H27F5N2O5/c1-2-3-22(17-4-6-19(7-5-17)27(39)35-15-14-25(37)38)26(18-8-11-21(12-9-18)41-29(32,33)34)28(40)36-24-16-20(30)10-13-23(24)31/h4-13,16,22,26H,2-3,14-15H2,1H3,(H,35,39)(H,36,40)(H,37,38)/t22-,26+/m1/s1. The molecule has 12 heteroatoms. The number of anilines is 1. The monoisotopic (exact) mass is 578 g/mol. The summed E-state index contributed by atoms with van der Waals surface area (Å²) in [5.74, 6) is -6.10. The lowest BCUT2D eigenvalue weighted by Gasteiger charge is -2.28. The van der Waals surface area contributed by atoms with Crippen molar-refractivity contribution >= 4 is 23.5 Å². The van der Waals surface area contributed by atoms with Gasteiger partial charge in [0.05, 0.1) is 18.0 Å². The number of aliphatic carboxylic acids is 1. The van der Waals surface area contributed by atoms with Gasteiger partial charge < -0.3 is 20.5 Å². The van der Waals surface area contributed by atoms with Crippen LogP contribution >= 0.6 is 0 Å². The minimum atomic E-state index is -4.92. The van der Waals surface area contributed by atoms with E-state index in [9.17, 15) is 36.3 Å². The molecule has 0 bridgehead atoms. The quantitative estimate of drug-likeness (QED) is 0.217. The number of ether oxygens (including phenoxy) is 1. The summed E-state index contributed by atoms with van der Waals surface area (Å²) in [6.45, 7) is 1.79. The van der Waals surface area contributed by atoms with Crippen molar-refractivity contribution in [2.75, 3.05) is 11.9 Å². The number of carbonyl (C=O) groups is 3. The van der Waals surface area contributed by atoms with Crippen LogP contribution in [0.2, 0.25) is 0 Å². The molecule has 3 N–H and O–H groups in total. The lowest BCUT2D eigenvalue weighted by Crippen LogP contribution is -2.28. The van der Waals surface area contributed by atoms with Crippen LogP contribution in [0.3, 0.4) is 0 Å². The van der Waals surface area contributed by atoms with Crippen LogP contribution in [0, 0.1) is 11.6 Å². The van der Waals surface area contributed by atoms with Crippen molar-refractivity contribution in [2.45, 2.75) is 44.4 Å². The second-order valence-corrected chi connectivity index (χ2v) is 9.12. The highest BCUT2D eigenvalue weighted by Gasteiger charge is 2.33. The first-order valence-electron chi connectivity index (χ1n) is 12.6. The molecule has 2 amide bonds. The first-order valence-corrected chi connectivity index (χ1v) is 12.6. The van der Waals surface area contributed by atoms with Gasteiger partial charge in [0.15, 0.2) is 0 Å². The van der Waals surface area contributed by atoms with Gasteiger partial charge in [-0.15, -0.1) is 13.2 Å². The Morgan fingerprint density at radius 3 is 2.15 bits per heavy atom. The van der Waals surface area contributed by atoms with Crippen molar-refractivity contribution in [3.05, 3.63) is 95.1 Å². The van der Waals surface area contributed by atoms with E-state index < -0.39 is 59.1 Å². The lowest BCUT2D eigenvalue weighted by atomic mass is 9.78. The molecule has 0 aliphatic heterocycles. The first-order chi connectivity index (χ1) is 19.4. The van der Waals surface area contributed by atoms with Crippen molar-refractivity contribution in [2.24, 2.45) is 0 Å². The van der Waals surface area contributed by atoms with Crippen LogP contribution in [0.25, 0.3) is 0 Å². The molecular formula is C29H27F5N2O5. The molecule has 218 valence electrons. The molecule has 0 spiro atoms. The summed E-state index contributed by atoms with van der Waals surface area (Å²) < 4.78 is 70.1. The lowest BCUT2D eigenvalue weighted by molar-refractivity contribution is -0.274. The van der Waals surface area contributed by atoms with Crippen LogP contribution in [0.1, 0.15) is 59.5 Å². The van der Waals surface area contributed by atoms with E-state index in [1.165, 1.54) is 24.3 Å². The van der Waals surface area contributed by atoms with Crippen LogP contribution in [-0.2, 0) is 9.59 Å². The van der Waals surface area contributed by atoms with Gasteiger partial charge >= 0.3 is 12.3 Å². The second-order valence-electron chi connectivity index (χ2n) is 9.12. The summed E-state index contributed by atoms with van der Waals surface area (Å²) >= 11 is 0. The maximum Gasteiger partial charge on any atom is 0.573 e. The molecule has 3 aromatic carbocycles. The van der Waals surface area contributed by atoms with Crippen molar-refractivity contribution in [1.82, 2.24) is 5.32 Å². The van der Waals surface area contributed by atoms with Gasteiger partial charge in [0.2, 0.25) is 5.91 Å². The zero-order valence-electron chi connectivity index (χ0n) is 21.8. The molecule has 0 fully saturated rings. The highest BCUT2D eigenvalue weighted by Crippen LogP contribution is 2.39. The van der Waals surface area contributed by atoms with Gasteiger partial charge in [-0.3, -0.25) is 14.4 Å². The topological polar surface area (TPSA) is 105 Å². The maximum absolute atomic E-state index is 14.4. The van der Waals surface area contributed by atoms with Gasteiger partial charge in [0.1, 0.15) is 17.4 Å². The average molecular weight is 579 g/mol. The van der Waals surface area contributed by atoms with Crippen LogP contribution < -0.4 is 15.4 Å². The van der Waals surface area contributed by atoms with Crippen molar-refractivity contribution in [3.63, 3.8) is 0 Å². The Balaban J connectivity index is 1.97. The van der Waals surface area contributed by atoms with Crippen LogP contribution in [0.15, 0.2) is 66.7 Å². The molecule has 7 nitrogen and oxygen atoms in total. The predicted molar refractivity (Wildman–Crippen MR) is 140 cm³/mol.